The zero-order valence-electron chi connectivity index (χ0n) is 39.6. The van der Waals surface area contributed by atoms with Crippen molar-refractivity contribution in [1.82, 2.24) is 41.0 Å². The van der Waals surface area contributed by atoms with Crippen molar-refractivity contribution >= 4 is 45.4 Å². The normalized spacial score (nSPS) is 24.0. The van der Waals surface area contributed by atoms with Crippen molar-refractivity contribution in [2.45, 2.75) is 159 Å². The van der Waals surface area contributed by atoms with Gasteiger partial charge in [0.05, 0.1) is 29.6 Å². The molecular formula is C52H70F2N8O5. The fraction of sp³-hybridized carbons (Fsp3) is 0.615. The van der Waals surface area contributed by atoms with Crippen molar-refractivity contribution in [2.24, 2.45) is 17.3 Å². The number of aromatic amines is 2. The maximum Gasteiger partial charge on any atom is 0.245 e. The average molecular weight is 925 g/mol. The molecule has 5 aliphatic rings. The maximum absolute atomic E-state index is 15.1. The van der Waals surface area contributed by atoms with Crippen molar-refractivity contribution in [3.63, 3.8) is 0 Å². The molecular weight excluding hydrogens is 855 g/mol. The minimum Gasteiger partial charge on any atom is -0.391 e. The molecule has 4 heterocycles. The number of likely N-dealkylation sites (N-methyl/N-ethyl adjacent to an activating group) is 2. The summed E-state index contributed by atoms with van der Waals surface area (Å²) in [5.41, 5.74) is 4.24. The van der Waals surface area contributed by atoms with E-state index in [-0.39, 0.29) is 53.5 Å². The van der Waals surface area contributed by atoms with Crippen LogP contribution in [0.2, 0.25) is 0 Å². The molecule has 15 heteroatoms. The van der Waals surface area contributed by atoms with Crippen molar-refractivity contribution < 1.29 is 33.1 Å². The first-order chi connectivity index (χ1) is 32.3. The van der Waals surface area contributed by atoms with E-state index in [9.17, 15) is 19.5 Å². The molecule has 2 saturated heterocycles. The number of halogens is 2. The highest BCUT2D eigenvalue weighted by molar-refractivity contribution is 5.97. The fourth-order valence-corrected chi connectivity index (χ4v) is 12.2. The summed E-state index contributed by atoms with van der Waals surface area (Å²) < 4.78 is 30.2. The van der Waals surface area contributed by atoms with E-state index < -0.39 is 47.9 Å². The van der Waals surface area contributed by atoms with Gasteiger partial charge in [-0.25, -0.2) is 8.78 Å². The number of nitrogens with zero attached hydrogens (tertiary/aromatic N) is 2. The standard InChI is InChI=1S/C52H70F2N8O5/c1-29(55-3)48(64)59-44(31-11-7-5-8-12-31)50(66)61-27-37(63)23-35(61)24-40-38-17-15-33(53)21-42(38)57-46(40)47-41(39-18-16-34(54)22-43(39)58-47)25-36-26-52(19-20-52)28-62(36)51(67)45(32-13-9-6-10-14-32)60-49(65)30(2)56-4/h15-18,21-22,29-32,35-37,44-45,55-58,63H,5-14,19-20,23-28H2,1-4H3,(H,59,64)(H,60,65)/t29-,30-,35-,36+,37-,44-,45-/m0/s1. The molecule has 2 aromatic heterocycles. The number of amides is 4. The van der Waals surface area contributed by atoms with Gasteiger partial charge in [0.25, 0.3) is 0 Å². The lowest BCUT2D eigenvalue weighted by Crippen LogP contribution is -2.56. The lowest BCUT2D eigenvalue weighted by molar-refractivity contribution is -0.139. The summed E-state index contributed by atoms with van der Waals surface area (Å²) >= 11 is 0. The third-order valence-electron chi connectivity index (χ3n) is 16.4. The van der Waals surface area contributed by atoms with Crippen LogP contribution < -0.4 is 21.3 Å². The average Bonchev–Trinajstić information content (AvgIpc) is 3.55. The van der Waals surface area contributed by atoms with Crippen LogP contribution in [0.3, 0.4) is 0 Å². The molecule has 7 atom stereocenters. The van der Waals surface area contributed by atoms with Gasteiger partial charge < -0.3 is 46.1 Å². The van der Waals surface area contributed by atoms with Crippen molar-refractivity contribution in [3.8, 4) is 11.4 Å². The van der Waals surface area contributed by atoms with Gasteiger partial charge in [0.2, 0.25) is 23.6 Å². The lowest BCUT2D eigenvalue weighted by atomic mass is 9.83. The molecule has 2 aromatic carbocycles. The number of carbonyl (C=O) groups is 4. The number of H-pyrrole nitrogens is 2. The molecule has 0 bridgehead atoms. The van der Waals surface area contributed by atoms with Gasteiger partial charge in [0, 0.05) is 47.0 Å². The molecule has 3 saturated carbocycles. The van der Waals surface area contributed by atoms with E-state index in [1.54, 1.807) is 45.0 Å². The van der Waals surface area contributed by atoms with Crippen LogP contribution in [0.25, 0.3) is 33.2 Å². The molecule has 0 radical (unpaired) electrons. The second kappa shape index (κ2) is 19.6. The topological polar surface area (TPSA) is 175 Å². The summed E-state index contributed by atoms with van der Waals surface area (Å²) in [6.07, 6.45) is 12.7. The molecule has 0 unspecified atom stereocenters. The molecule has 2 aliphatic heterocycles. The van der Waals surface area contributed by atoms with E-state index in [1.165, 1.54) is 24.3 Å². The van der Waals surface area contributed by atoms with Crippen LogP contribution in [0.5, 0.6) is 0 Å². The quantitative estimate of drug-likeness (QED) is 0.0726. The van der Waals surface area contributed by atoms with E-state index in [4.69, 9.17) is 0 Å². The summed E-state index contributed by atoms with van der Waals surface area (Å²) in [5, 5.41) is 25.2. The lowest BCUT2D eigenvalue weighted by Gasteiger charge is -2.35. The van der Waals surface area contributed by atoms with Crippen molar-refractivity contribution in [3.05, 3.63) is 59.2 Å². The van der Waals surface area contributed by atoms with Gasteiger partial charge in [-0.1, -0.05) is 38.5 Å². The van der Waals surface area contributed by atoms with E-state index in [0.29, 0.717) is 48.2 Å². The Kier molecular flexibility index (Phi) is 13.8. The molecule has 4 aromatic rings. The van der Waals surface area contributed by atoms with Gasteiger partial charge in [-0.2, -0.15) is 0 Å². The zero-order chi connectivity index (χ0) is 47.1. The van der Waals surface area contributed by atoms with Crippen molar-refractivity contribution in [2.75, 3.05) is 27.2 Å². The van der Waals surface area contributed by atoms with Gasteiger partial charge in [0.15, 0.2) is 0 Å². The number of rotatable bonds is 15. The van der Waals surface area contributed by atoms with Crippen LogP contribution in [0.4, 0.5) is 8.78 Å². The van der Waals surface area contributed by atoms with Crippen molar-refractivity contribution in [1.29, 1.82) is 0 Å². The van der Waals surface area contributed by atoms with Crippen LogP contribution in [0.1, 0.15) is 115 Å². The Labute approximate surface area is 392 Å². The number of aliphatic hydroxyl groups excluding tert-OH is 1. The highest BCUT2D eigenvalue weighted by Gasteiger charge is 2.54. The predicted molar refractivity (Wildman–Crippen MR) is 255 cm³/mol. The van der Waals surface area contributed by atoms with Crippen LogP contribution in [-0.4, -0.2) is 118 Å². The van der Waals surface area contributed by atoms with Crippen LogP contribution >= 0.6 is 0 Å². The predicted octanol–water partition coefficient (Wildman–Crippen LogP) is 6.37. The number of carbonyl (C=O) groups excluding carboxylic acids is 4. The Balaban J connectivity index is 1.09. The number of nitrogens with one attached hydrogen (secondary N) is 6. The first kappa shape index (κ1) is 47.2. The Morgan fingerprint density at radius 1 is 0.701 bits per heavy atom. The highest BCUT2D eigenvalue weighted by atomic mass is 19.1. The number of hydrogen-bond donors (Lipinski definition) is 7. The molecule has 13 nitrogen and oxygen atoms in total. The molecule has 1 spiro atoms. The molecule has 362 valence electrons. The second-order valence-corrected chi connectivity index (χ2v) is 20.9. The smallest absolute Gasteiger partial charge is 0.245 e. The highest BCUT2D eigenvalue weighted by Crippen LogP contribution is 2.56. The number of benzene rings is 2. The minimum atomic E-state index is -0.782. The van der Waals surface area contributed by atoms with E-state index in [2.05, 4.69) is 31.2 Å². The second-order valence-electron chi connectivity index (χ2n) is 20.9. The molecule has 67 heavy (non-hydrogen) atoms. The Hall–Kier alpha value is -4.86. The van der Waals surface area contributed by atoms with Gasteiger partial charge >= 0.3 is 0 Å². The van der Waals surface area contributed by atoms with E-state index in [0.717, 1.165) is 105 Å². The summed E-state index contributed by atoms with van der Waals surface area (Å²) in [6.45, 7) is 4.30. The monoisotopic (exact) mass is 925 g/mol. The van der Waals surface area contributed by atoms with Crippen LogP contribution in [0.15, 0.2) is 36.4 Å². The third kappa shape index (κ3) is 9.74. The zero-order valence-corrected chi connectivity index (χ0v) is 39.6. The molecule has 5 fully saturated rings. The maximum atomic E-state index is 15.1. The number of β-amino-alcohol motifs (C(OH)–C–C–N with tert-alkyl or cyclic N) is 1. The third-order valence-corrected chi connectivity index (χ3v) is 16.4. The van der Waals surface area contributed by atoms with Gasteiger partial charge in [-0.15, -0.1) is 0 Å². The minimum absolute atomic E-state index is 0.0151. The first-order valence-corrected chi connectivity index (χ1v) is 25.1. The number of aliphatic hydroxyl groups is 1. The summed E-state index contributed by atoms with van der Waals surface area (Å²) in [5.74, 6) is -1.50. The fourth-order valence-electron chi connectivity index (χ4n) is 12.2. The van der Waals surface area contributed by atoms with E-state index in [1.807, 2.05) is 4.90 Å². The SMILES string of the molecule is CN[C@@H](C)C(=O)N[C@H](C(=O)N1C[C@@H](O)C[C@H]1Cc1c(-c2[nH]c3cc(F)ccc3c2C[C@@H]2CC3(CC3)CN2C(=O)[C@@H](NC(=O)[C@H](C)NC)C2CCCCC2)[nH]c2cc(F)ccc12)C1CCCCC1. The van der Waals surface area contributed by atoms with Gasteiger partial charge in [-0.3, -0.25) is 19.2 Å². The first-order valence-electron chi connectivity index (χ1n) is 25.1. The summed E-state index contributed by atoms with van der Waals surface area (Å²) in [6, 6.07) is 6.33. The Bertz CT molecular complexity index is 2470. The Morgan fingerprint density at radius 2 is 1.16 bits per heavy atom. The molecule has 3 aliphatic carbocycles. The molecule has 9 rings (SSSR count). The van der Waals surface area contributed by atoms with E-state index >= 15 is 13.6 Å². The van der Waals surface area contributed by atoms with Crippen LogP contribution in [-0.2, 0) is 32.0 Å². The number of fused-ring (bicyclic) bond motifs is 2. The summed E-state index contributed by atoms with van der Waals surface area (Å²) in [4.78, 5) is 67.6. The molecule has 7 N–H and O–H groups in total. The van der Waals surface area contributed by atoms with Gasteiger partial charge in [-0.05, 0) is 157 Å². The Morgan fingerprint density at radius 3 is 1.63 bits per heavy atom. The largest absolute Gasteiger partial charge is 0.391 e. The summed E-state index contributed by atoms with van der Waals surface area (Å²) in [7, 11) is 3.45. The number of aromatic nitrogens is 2. The van der Waals surface area contributed by atoms with Gasteiger partial charge in [0.1, 0.15) is 23.7 Å². The molecule has 4 amide bonds. The van der Waals surface area contributed by atoms with Crippen LogP contribution in [0, 0.1) is 28.9 Å². The number of hydrogen-bond acceptors (Lipinski definition) is 7. The number of likely N-dealkylation sites (tertiary alicyclic amines) is 2.